The maximum Gasteiger partial charge on any atom is 0.241 e. The molecule has 0 saturated carbocycles. The highest BCUT2D eigenvalue weighted by Gasteiger charge is 2.29. The van der Waals surface area contributed by atoms with Crippen molar-refractivity contribution >= 4 is 58.4 Å². The van der Waals surface area contributed by atoms with Gasteiger partial charge in [-0.25, -0.2) is 0 Å². The van der Waals surface area contributed by atoms with Crippen molar-refractivity contribution < 1.29 is 23.9 Å². The van der Waals surface area contributed by atoms with E-state index in [9.17, 15) is 9.59 Å². The van der Waals surface area contributed by atoms with Crippen LogP contribution in [0.25, 0.3) is 10.1 Å². The van der Waals surface area contributed by atoms with Crippen LogP contribution in [0.3, 0.4) is 0 Å². The zero-order valence-electron chi connectivity index (χ0n) is 21.9. The highest BCUT2D eigenvalue weighted by molar-refractivity contribution is 7.19. The molecule has 0 spiro atoms. The summed E-state index contributed by atoms with van der Waals surface area (Å²) >= 11 is 7.62. The quantitative estimate of drug-likeness (QED) is 0.483. The smallest absolute Gasteiger partial charge is 0.241 e. The van der Waals surface area contributed by atoms with Crippen molar-refractivity contribution in [1.29, 1.82) is 0 Å². The van der Waals surface area contributed by atoms with Gasteiger partial charge in [0.05, 0.1) is 12.6 Å². The Morgan fingerprint density at radius 2 is 1.92 bits per heavy atom. The number of unbranched alkanes of at least 4 members (excludes halogenated alkanes) is 2. The summed E-state index contributed by atoms with van der Waals surface area (Å²) in [5, 5.41) is 5.12. The van der Waals surface area contributed by atoms with E-state index in [-0.39, 0.29) is 24.4 Å². The fourth-order valence-electron chi connectivity index (χ4n) is 3.68. The van der Waals surface area contributed by atoms with Gasteiger partial charge >= 0.3 is 0 Å². The van der Waals surface area contributed by atoms with Crippen molar-refractivity contribution in [3.05, 3.63) is 34.2 Å². The number of hydrogen-bond acceptors (Lipinski definition) is 7. The molecule has 36 heavy (non-hydrogen) atoms. The number of nitrogens with one attached hydrogen (secondary N) is 1. The first-order chi connectivity index (χ1) is 17.3. The first kappa shape index (κ1) is 33.7. The second-order valence-electron chi connectivity index (χ2n) is 8.15. The Hall–Kier alpha value is -2.33. The summed E-state index contributed by atoms with van der Waals surface area (Å²) in [6.07, 6.45) is 4.85. The van der Waals surface area contributed by atoms with Crippen LogP contribution in [0.2, 0.25) is 5.02 Å². The summed E-state index contributed by atoms with van der Waals surface area (Å²) in [6.45, 7) is 8.50. The standard InChI is InChI=1S/C15H29N3O3.C9H7ClS.2CH2O/c1-16-13-8-7-10-18(15(13)20)12-14(19)17(2)9-5-4-6-11-21-3;1-6-4-7-2-3-8(10)5-9(7)11-6;2*1-2/h13,16H,4-12H2,1-3H3;2-5H,1H3;2*1H2/t13-;;;/m0.../s1. The van der Waals surface area contributed by atoms with E-state index in [4.69, 9.17) is 25.9 Å². The third-order valence-electron chi connectivity index (χ3n) is 5.58. The number of nitrogens with zero attached hydrogens (tertiary/aromatic N) is 2. The zero-order chi connectivity index (χ0) is 27.5. The molecule has 2 aromatic rings. The number of carbonyl (C=O) groups is 4. The minimum atomic E-state index is -0.133. The number of thiophene rings is 1. The number of carbonyl (C=O) groups excluding carboxylic acids is 4. The van der Waals surface area contributed by atoms with Gasteiger partial charge in [-0.3, -0.25) is 9.59 Å². The Balaban J connectivity index is 0.000000679. The van der Waals surface area contributed by atoms with Crippen LogP contribution in [0.1, 0.15) is 37.0 Å². The molecule has 1 N–H and O–H groups in total. The molecule has 1 atom stereocenters. The summed E-state index contributed by atoms with van der Waals surface area (Å²) in [6, 6.07) is 8.04. The number of benzene rings is 1. The monoisotopic (exact) mass is 541 g/mol. The molecule has 2 amide bonds. The number of rotatable bonds is 9. The molecule has 0 bridgehead atoms. The molecule has 1 aromatic carbocycles. The Labute approximate surface area is 223 Å². The number of aryl methyl sites for hydroxylation is 1. The van der Waals surface area contributed by atoms with Gasteiger partial charge < -0.3 is 29.4 Å². The van der Waals surface area contributed by atoms with Gasteiger partial charge in [0.1, 0.15) is 13.6 Å². The van der Waals surface area contributed by atoms with Crippen molar-refractivity contribution in [1.82, 2.24) is 15.1 Å². The lowest BCUT2D eigenvalue weighted by Crippen LogP contribution is -2.52. The van der Waals surface area contributed by atoms with Crippen LogP contribution >= 0.6 is 22.9 Å². The average Bonchev–Trinajstić information content (AvgIpc) is 3.26. The van der Waals surface area contributed by atoms with Gasteiger partial charge in [-0.05, 0) is 69.7 Å². The lowest BCUT2D eigenvalue weighted by Gasteiger charge is -2.32. The fraction of sp³-hybridized carbons (Fsp3) is 0.538. The third kappa shape index (κ3) is 12.1. The Morgan fingerprint density at radius 3 is 2.56 bits per heavy atom. The lowest BCUT2D eigenvalue weighted by atomic mass is 10.1. The van der Waals surface area contributed by atoms with Gasteiger partial charge in [-0.15, -0.1) is 11.3 Å². The molecule has 10 heteroatoms. The van der Waals surface area contributed by atoms with E-state index >= 15 is 0 Å². The molecule has 1 aliphatic rings. The molecule has 0 radical (unpaired) electrons. The number of likely N-dealkylation sites (tertiary alicyclic amines) is 1. The summed E-state index contributed by atoms with van der Waals surface area (Å²) in [5.41, 5.74) is 0. The first-order valence-corrected chi connectivity index (χ1v) is 13.0. The van der Waals surface area contributed by atoms with Gasteiger partial charge in [0.2, 0.25) is 11.8 Å². The number of likely N-dealkylation sites (N-methyl/N-ethyl adjacent to an activating group) is 2. The van der Waals surface area contributed by atoms with Crippen LogP contribution in [0, 0.1) is 6.92 Å². The number of ether oxygens (including phenoxy) is 1. The molecule has 8 nitrogen and oxygen atoms in total. The Morgan fingerprint density at radius 1 is 1.22 bits per heavy atom. The summed E-state index contributed by atoms with van der Waals surface area (Å²) < 4.78 is 6.27. The molecular formula is C26H40ClN3O5S. The molecule has 202 valence electrons. The minimum Gasteiger partial charge on any atom is -0.385 e. The number of fused-ring (bicyclic) bond motifs is 1. The third-order valence-corrected chi connectivity index (χ3v) is 6.83. The van der Waals surface area contributed by atoms with Crippen molar-refractivity contribution in [3.63, 3.8) is 0 Å². The molecule has 1 aliphatic heterocycles. The van der Waals surface area contributed by atoms with E-state index < -0.39 is 0 Å². The molecule has 3 rings (SSSR count). The van der Waals surface area contributed by atoms with Crippen LogP contribution in [-0.4, -0.2) is 88.7 Å². The molecular weight excluding hydrogens is 502 g/mol. The molecule has 0 aliphatic carbocycles. The summed E-state index contributed by atoms with van der Waals surface area (Å²) in [5.74, 6) is 0.0671. The van der Waals surface area contributed by atoms with E-state index in [2.05, 4.69) is 24.4 Å². The number of halogens is 1. The van der Waals surface area contributed by atoms with Gasteiger partial charge in [0.25, 0.3) is 0 Å². The van der Waals surface area contributed by atoms with Gasteiger partial charge in [-0.2, -0.15) is 0 Å². The largest absolute Gasteiger partial charge is 0.385 e. The van der Waals surface area contributed by atoms with E-state index in [1.807, 2.05) is 32.8 Å². The van der Waals surface area contributed by atoms with Crippen LogP contribution in [0.15, 0.2) is 24.3 Å². The number of piperidine rings is 1. The van der Waals surface area contributed by atoms with Crippen molar-refractivity contribution in [2.45, 2.75) is 45.1 Å². The number of methoxy groups -OCH3 is 1. The van der Waals surface area contributed by atoms with Crippen LogP contribution < -0.4 is 5.32 Å². The van der Waals surface area contributed by atoms with E-state index in [0.717, 1.165) is 50.3 Å². The lowest BCUT2D eigenvalue weighted by molar-refractivity contribution is -0.142. The van der Waals surface area contributed by atoms with Crippen LogP contribution in [-0.2, 0) is 23.9 Å². The summed E-state index contributed by atoms with van der Waals surface area (Å²) in [4.78, 5) is 45.0. The SMILES string of the molecule is C=O.C=O.CN[C@H]1CCCN(CC(=O)N(C)CCCCCOC)C1=O.Cc1cc2ccc(Cl)cc2s1. The predicted molar refractivity (Wildman–Crippen MR) is 148 cm³/mol. The van der Waals surface area contributed by atoms with Crippen molar-refractivity contribution in [2.24, 2.45) is 0 Å². The minimum absolute atomic E-state index is 0.0202. The predicted octanol–water partition coefficient (Wildman–Crippen LogP) is 3.97. The van der Waals surface area contributed by atoms with Gasteiger partial charge in [-0.1, -0.05) is 17.7 Å². The number of hydrogen-bond donors (Lipinski definition) is 1. The van der Waals surface area contributed by atoms with Crippen LogP contribution in [0.5, 0.6) is 0 Å². The van der Waals surface area contributed by atoms with Crippen molar-refractivity contribution in [2.75, 3.05) is 47.4 Å². The second-order valence-corrected chi connectivity index (χ2v) is 9.88. The maximum atomic E-state index is 12.2. The Bertz CT molecular complexity index is 909. The molecule has 1 fully saturated rings. The maximum absolute atomic E-state index is 12.2. The van der Waals surface area contributed by atoms with E-state index in [1.54, 1.807) is 35.3 Å². The van der Waals surface area contributed by atoms with E-state index in [1.165, 1.54) is 15.0 Å². The Kier molecular flexibility index (Phi) is 18.5. The number of amides is 2. The van der Waals surface area contributed by atoms with Crippen molar-refractivity contribution in [3.8, 4) is 0 Å². The molecule has 1 aromatic heterocycles. The first-order valence-electron chi connectivity index (χ1n) is 11.8. The van der Waals surface area contributed by atoms with Crippen LogP contribution in [0.4, 0.5) is 0 Å². The van der Waals surface area contributed by atoms with Gasteiger partial charge in [0, 0.05) is 48.5 Å². The van der Waals surface area contributed by atoms with E-state index in [0.29, 0.717) is 6.54 Å². The second kappa shape index (κ2) is 19.8. The average molecular weight is 542 g/mol. The zero-order valence-corrected chi connectivity index (χ0v) is 23.5. The highest BCUT2D eigenvalue weighted by atomic mass is 35.5. The normalized spacial score (nSPS) is 14.5. The summed E-state index contributed by atoms with van der Waals surface area (Å²) in [7, 11) is 5.30. The highest BCUT2D eigenvalue weighted by Crippen LogP contribution is 2.27. The molecule has 1 saturated heterocycles. The molecule has 0 unspecified atom stereocenters. The molecule has 2 heterocycles. The fourth-order valence-corrected chi connectivity index (χ4v) is 4.88. The topological polar surface area (TPSA) is 96.0 Å². The van der Waals surface area contributed by atoms with Gasteiger partial charge in [0.15, 0.2) is 0 Å².